The molecule has 4 heteroatoms. The Morgan fingerprint density at radius 2 is 1.95 bits per heavy atom. The first-order chi connectivity index (χ1) is 9.33. The molecule has 4 nitrogen and oxygen atoms in total. The van der Waals surface area contributed by atoms with E-state index < -0.39 is 0 Å². The number of aliphatic hydroxyl groups is 1. The number of hydrogen-bond acceptors (Lipinski definition) is 4. The van der Waals surface area contributed by atoms with Crippen molar-refractivity contribution in [3.05, 3.63) is 29.8 Å². The molecule has 1 aliphatic heterocycles. The van der Waals surface area contributed by atoms with Gasteiger partial charge < -0.3 is 20.1 Å². The first kappa shape index (κ1) is 14.3. The minimum absolute atomic E-state index is 0.0514. The van der Waals surface area contributed by atoms with E-state index in [4.69, 9.17) is 9.84 Å². The molecule has 0 saturated carbocycles. The summed E-state index contributed by atoms with van der Waals surface area (Å²) < 4.78 is 5.38. The van der Waals surface area contributed by atoms with Crippen molar-refractivity contribution >= 4 is 0 Å². The number of likely N-dealkylation sites (N-methyl/N-ethyl adjacent to an activating group) is 1. The van der Waals surface area contributed by atoms with Crippen molar-refractivity contribution in [3.63, 3.8) is 0 Å². The number of aliphatic hydroxyl groups excluding tert-OH is 1. The van der Waals surface area contributed by atoms with Gasteiger partial charge in [-0.2, -0.15) is 0 Å². The molecule has 1 atom stereocenters. The number of benzene rings is 1. The van der Waals surface area contributed by atoms with E-state index in [0.29, 0.717) is 12.6 Å². The van der Waals surface area contributed by atoms with Crippen molar-refractivity contribution in [1.29, 1.82) is 0 Å². The zero-order valence-electron chi connectivity index (χ0n) is 11.6. The molecule has 0 aliphatic carbocycles. The average Bonchev–Trinajstić information content (AvgIpc) is 2.96. The third-order valence-electron chi connectivity index (χ3n) is 3.63. The topological polar surface area (TPSA) is 44.7 Å². The van der Waals surface area contributed by atoms with Crippen LogP contribution in [-0.2, 0) is 0 Å². The summed E-state index contributed by atoms with van der Waals surface area (Å²) >= 11 is 0. The van der Waals surface area contributed by atoms with Gasteiger partial charge in [0.2, 0.25) is 0 Å². The van der Waals surface area contributed by atoms with Crippen LogP contribution in [0.2, 0.25) is 0 Å². The lowest BCUT2D eigenvalue weighted by atomic mass is 10.1. The van der Waals surface area contributed by atoms with Gasteiger partial charge in [0.25, 0.3) is 0 Å². The van der Waals surface area contributed by atoms with Gasteiger partial charge in [0.05, 0.1) is 6.61 Å². The van der Waals surface area contributed by atoms with Gasteiger partial charge in [-0.3, -0.25) is 0 Å². The lowest BCUT2D eigenvalue weighted by Gasteiger charge is -2.23. The first-order valence-corrected chi connectivity index (χ1v) is 7.06. The molecule has 0 radical (unpaired) electrons. The molecule has 0 bridgehead atoms. The molecule has 0 aromatic heterocycles. The van der Waals surface area contributed by atoms with Crippen LogP contribution in [0.5, 0.6) is 5.75 Å². The van der Waals surface area contributed by atoms with E-state index in [-0.39, 0.29) is 6.61 Å². The Hall–Kier alpha value is -1.10. The van der Waals surface area contributed by atoms with Crippen molar-refractivity contribution in [1.82, 2.24) is 10.2 Å². The second-order valence-corrected chi connectivity index (χ2v) is 4.99. The maximum atomic E-state index is 8.73. The Bertz CT molecular complexity index is 361. The fourth-order valence-electron chi connectivity index (χ4n) is 2.55. The van der Waals surface area contributed by atoms with Crippen LogP contribution in [0.1, 0.15) is 24.4 Å². The van der Waals surface area contributed by atoms with Crippen molar-refractivity contribution in [2.45, 2.75) is 18.9 Å². The molecule has 1 unspecified atom stereocenters. The highest BCUT2D eigenvalue weighted by Crippen LogP contribution is 2.20. The Morgan fingerprint density at radius 3 is 2.53 bits per heavy atom. The van der Waals surface area contributed by atoms with Crippen molar-refractivity contribution in [2.24, 2.45) is 0 Å². The van der Waals surface area contributed by atoms with E-state index in [0.717, 1.165) is 12.3 Å². The number of nitrogens with one attached hydrogen (secondary N) is 1. The van der Waals surface area contributed by atoms with Gasteiger partial charge in [0.15, 0.2) is 0 Å². The number of nitrogens with zero attached hydrogens (tertiary/aromatic N) is 1. The minimum Gasteiger partial charge on any atom is -0.491 e. The van der Waals surface area contributed by atoms with Crippen LogP contribution in [-0.4, -0.2) is 49.9 Å². The molecule has 0 amide bonds. The fourth-order valence-corrected chi connectivity index (χ4v) is 2.55. The Morgan fingerprint density at radius 1 is 1.26 bits per heavy atom. The quantitative estimate of drug-likeness (QED) is 0.781. The summed E-state index contributed by atoms with van der Waals surface area (Å²) in [5.41, 5.74) is 1.28. The van der Waals surface area contributed by atoms with Gasteiger partial charge in [-0.25, -0.2) is 0 Å². The van der Waals surface area contributed by atoms with Crippen LogP contribution < -0.4 is 10.1 Å². The molecule has 19 heavy (non-hydrogen) atoms. The van der Waals surface area contributed by atoms with E-state index >= 15 is 0 Å². The zero-order valence-corrected chi connectivity index (χ0v) is 11.6. The summed E-state index contributed by atoms with van der Waals surface area (Å²) in [5.74, 6) is 0.814. The largest absolute Gasteiger partial charge is 0.491 e. The summed E-state index contributed by atoms with van der Waals surface area (Å²) in [6.07, 6.45) is 2.65. The van der Waals surface area contributed by atoms with Gasteiger partial charge in [0.1, 0.15) is 12.4 Å². The van der Waals surface area contributed by atoms with Crippen LogP contribution in [0.3, 0.4) is 0 Å². The Kier molecular flexibility index (Phi) is 5.63. The van der Waals surface area contributed by atoms with Gasteiger partial charge in [-0.15, -0.1) is 0 Å². The molecule has 1 aliphatic rings. The molecule has 1 saturated heterocycles. The summed E-state index contributed by atoms with van der Waals surface area (Å²) in [6, 6.07) is 8.51. The SMILES string of the molecule is CNC(CN1CCCC1)c1ccc(OCCO)cc1. The maximum Gasteiger partial charge on any atom is 0.119 e. The molecule has 1 fully saturated rings. The number of ether oxygens (including phenoxy) is 1. The van der Waals surface area contributed by atoms with Crippen LogP contribution in [0.25, 0.3) is 0 Å². The van der Waals surface area contributed by atoms with Crippen LogP contribution in [0, 0.1) is 0 Å². The van der Waals surface area contributed by atoms with Crippen molar-refractivity contribution in [3.8, 4) is 5.75 Å². The number of rotatable bonds is 7. The first-order valence-electron chi connectivity index (χ1n) is 7.06. The predicted octanol–water partition coefficient (Wildman–Crippen LogP) is 1.41. The number of hydrogen-bond donors (Lipinski definition) is 2. The summed E-state index contributed by atoms with van der Waals surface area (Å²) in [5, 5.41) is 12.1. The summed E-state index contributed by atoms with van der Waals surface area (Å²) in [7, 11) is 2.01. The molecular weight excluding hydrogens is 240 g/mol. The smallest absolute Gasteiger partial charge is 0.119 e. The molecule has 1 aromatic rings. The monoisotopic (exact) mass is 264 g/mol. The van der Waals surface area contributed by atoms with Gasteiger partial charge in [-0.05, 0) is 50.7 Å². The molecule has 2 N–H and O–H groups in total. The summed E-state index contributed by atoms with van der Waals surface area (Å²) in [4.78, 5) is 2.51. The van der Waals surface area contributed by atoms with Gasteiger partial charge >= 0.3 is 0 Å². The number of likely N-dealkylation sites (tertiary alicyclic amines) is 1. The second-order valence-electron chi connectivity index (χ2n) is 4.99. The van der Waals surface area contributed by atoms with Gasteiger partial charge in [0, 0.05) is 12.6 Å². The lowest BCUT2D eigenvalue weighted by molar-refractivity contribution is 0.201. The highest BCUT2D eigenvalue weighted by molar-refractivity contribution is 5.29. The molecule has 106 valence electrons. The van der Waals surface area contributed by atoms with E-state index in [1.807, 2.05) is 19.2 Å². The molecule has 0 spiro atoms. The fraction of sp³-hybridized carbons (Fsp3) is 0.600. The van der Waals surface area contributed by atoms with E-state index in [9.17, 15) is 0 Å². The highest BCUT2D eigenvalue weighted by atomic mass is 16.5. The normalized spacial score (nSPS) is 17.6. The van der Waals surface area contributed by atoms with Crippen molar-refractivity contribution < 1.29 is 9.84 Å². The Balaban J connectivity index is 1.93. The van der Waals surface area contributed by atoms with Crippen molar-refractivity contribution in [2.75, 3.05) is 39.9 Å². The third-order valence-corrected chi connectivity index (χ3v) is 3.63. The van der Waals surface area contributed by atoms with Gasteiger partial charge in [-0.1, -0.05) is 12.1 Å². The zero-order chi connectivity index (χ0) is 13.5. The summed E-state index contributed by atoms with van der Waals surface area (Å²) in [6.45, 7) is 3.90. The predicted molar refractivity (Wildman–Crippen MR) is 76.5 cm³/mol. The van der Waals surface area contributed by atoms with Crippen LogP contribution in [0.4, 0.5) is 0 Å². The molecule has 1 heterocycles. The lowest BCUT2D eigenvalue weighted by Crippen LogP contribution is -2.31. The molecule has 1 aromatic carbocycles. The van der Waals surface area contributed by atoms with E-state index in [1.165, 1.54) is 31.5 Å². The highest BCUT2D eigenvalue weighted by Gasteiger charge is 2.17. The molecular formula is C15H24N2O2. The van der Waals surface area contributed by atoms with Crippen LogP contribution >= 0.6 is 0 Å². The molecule has 2 rings (SSSR count). The third kappa shape index (κ3) is 4.20. The van der Waals surface area contributed by atoms with E-state index in [2.05, 4.69) is 22.3 Å². The maximum absolute atomic E-state index is 8.73. The van der Waals surface area contributed by atoms with Crippen LogP contribution in [0.15, 0.2) is 24.3 Å². The second kappa shape index (κ2) is 7.48. The van der Waals surface area contributed by atoms with E-state index in [1.54, 1.807) is 0 Å². The average molecular weight is 264 g/mol. The standard InChI is InChI=1S/C15H24N2O2/c1-16-15(12-17-8-2-3-9-17)13-4-6-14(7-5-13)19-11-10-18/h4-7,15-16,18H,2-3,8-12H2,1H3. The minimum atomic E-state index is 0.0514. The Labute approximate surface area is 115 Å².